The SMILES string of the molecule is C=CCCCCCCCCCOC(=O)CCCC(=O)Cl. The second-order valence-corrected chi connectivity index (χ2v) is 5.40. The summed E-state index contributed by atoms with van der Waals surface area (Å²) in [7, 11) is 0. The second kappa shape index (κ2) is 14.6. The number of allylic oxidation sites excluding steroid dienone is 1. The number of unbranched alkanes of at least 4 members (excludes halogenated alkanes) is 7. The summed E-state index contributed by atoms with van der Waals surface area (Å²) in [6.45, 7) is 4.20. The van der Waals surface area contributed by atoms with Crippen LogP contribution < -0.4 is 0 Å². The summed E-state index contributed by atoms with van der Waals surface area (Å²) in [6, 6.07) is 0. The van der Waals surface area contributed by atoms with Gasteiger partial charge in [-0.3, -0.25) is 9.59 Å². The molecule has 0 spiro atoms. The van der Waals surface area contributed by atoms with Gasteiger partial charge in [0.1, 0.15) is 0 Å². The highest BCUT2D eigenvalue weighted by Gasteiger charge is 2.04. The van der Waals surface area contributed by atoms with E-state index in [0.717, 1.165) is 19.3 Å². The molecular formula is C16H27ClO3. The van der Waals surface area contributed by atoms with Gasteiger partial charge in [-0.05, 0) is 37.3 Å². The van der Waals surface area contributed by atoms with Crippen LogP contribution in [-0.2, 0) is 14.3 Å². The minimum Gasteiger partial charge on any atom is -0.466 e. The third-order valence-electron chi connectivity index (χ3n) is 3.07. The van der Waals surface area contributed by atoms with Crippen LogP contribution in [0, 0.1) is 0 Å². The molecule has 0 amide bonds. The lowest BCUT2D eigenvalue weighted by atomic mass is 10.1. The molecule has 0 heterocycles. The summed E-state index contributed by atoms with van der Waals surface area (Å²) in [6.07, 6.45) is 12.4. The molecule has 0 saturated heterocycles. The Balaban J connectivity index is 3.17. The highest BCUT2D eigenvalue weighted by molar-refractivity contribution is 6.63. The quantitative estimate of drug-likeness (QED) is 0.201. The molecule has 0 rings (SSSR count). The molecule has 0 aliphatic heterocycles. The molecule has 20 heavy (non-hydrogen) atoms. The number of ether oxygens (including phenoxy) is 1. The Kier molecular flexibility index (Phi) is 14.0. The van der Waals surface area contributed by atoms with Gasteiger partial charge in [0.2, 0.25) is 5.24 Å². The van der Waals surface area contributed by atoms with Gasteiger partial charge in [0.05, 0.1) is 6.61 Å². The van der Waals surface area contributed by atoms with E-state index < -0.39 is 5.24 Å². The molecule has 0 aliphatic carbocycles. The largest absolute Gasteiger partial charge is 0.466 e. The van der Waals surface area contributed by atoms with Crippen LogP contribution in [0.25, 0.3) is 0 Å². The fraction of sp³-hybridized carbons (Fsp3) is 0.750. The summed E-state index contributed by atoms with van der Waals surface area (Å²) in [5, 5.41) is -0.397. The topological polar surface area (TPSA) is 43.4 Å². The smallest absolute Gasteiger partial charge is 0.305 e. The first-order chi connectivity index (χ1) is 9.66. The van der Waals surface area contributed by atoms with E-state index in [4.69, 9.17) is 16.3 Å². The van der Waals surface area contributed by atoms with Crippen molar-refractivity contribution >= 4 is 22.8 Å². The van der Waals surface area contributed by atoms with Crippen molar-refractivity contribution in [2.75, 3.05) is 6.61 Å². The number of hydrogen-bond acceptors (Lipinski definition) is 3. The molecule has 0 radical (unpaired) electrons. The van der Waals surface area contributed by atoms with Crippen molar-refractivity contribution in [3.05, 3.63) is 12.7 Å². The summed E-state index contributed by atoms with van der Waals surface area (Å²) < 4.78 is 5.08. The average Bonchev–Trinajstić information content (AvgIpc) is 2.40. The minimum atomic E-state index is -0.397. The molecular weight excluding hydrogens is 276 g/mol. The van der Waals surface area contributed by atoms with Crippen LogP contribution in [0.3, 0.4) is 0 Å². The van der Waals surface area contributed by atoms with E-state index in [1.165, 1.54) is 32.1 Å². The summed E-state index contributed by atoms with van der Waals surface area (Å²) in [4.78, 5) is 21.8. The maximum Gasteiger partial charge on any atom is 0.305 e. The Morgan fingerprint density at radius 1 is 0.900 bits per heavy atom. The number of rotatable bonds is 14. The zero-order chi connectivity index (χ0) is 15.1. The molecule has 0 bridgehead atoms. The number of carbonyl (C=O) groups is 2. The summed E-state index contributed by atoms with van der Waals surface area (Å²) in [5.41, 5.74) is 0. The van der Waals surface area contributed by atoms with Crippen LogP contribution in [0.15, 0.2) is 12.7 Å². The van der Waals surface area contributed by atoms with E-state index in [9.17, 15) is 9.59 Å². The van der Waals surface area contributed by atoms with Gasteiger partial charge in [0.15, 0.2) is 0 Å². The Morgan fingerprint density at radius 3 is 2.10 bits per heavy atom. The summed E-state index contributed by atoms with van der Waals surface area (Å²) in [5.74, 6) is -0.229. The van der Waals surface area contributed by atoms with E-state index in [2.05, 4.69) is 6.58 Å². The van der Waals surface area contributed by atoms with Crippen molar-refractivity contribution in [1.29, 1.82) is 0 Å². The number of hydrogen-bond donors (Lipinski definition) is 0. The predicted molar refractivity (Wildman–Crippen MR) is 82.8 cm³/mol. The Bertz CT molecular complexity index is 277. The fourth-order valence-corrected chi connectivity index (χ4v) is 2.04. The lowest BCUT2D eigenvalue weighted by Gasteiger charge is -2.04. The first kappa shape index (κ1) is 19.2. The number of esters is 1. The molecule has 0 N–H and O–H groups in total. The standard InChI is InChI=1S/C16H27ClO3/c1-2-3-4-5-6-7-8-9-10-14-20-16(19)13-11-12-15(17)18/h2H,1,3-14H2. The van der Waals surface area contributed by atoms with Crippen molar-refractivity contribution in [3.63, 3.8) is 0 Å². The summed E-state index contributed by atoms with van der Waals surface area (Å²) >= 11 is 5.18. The fourth-order valence-electron chi connectivity index (χ4n) is 1.90. The van der Waals surface area contributed by atoms with Crippen molar-refractivity contribution in [1.82, 2.24) is 0 Å². The normalized spacial score (nSPS) is 10.2. The molecule has 0 saturated carbocycles. The number of halogens is 1. The highest BCUT2D eigenvalue weighted by Crippen LogP contribution is 2.09. The first-order valence-electron chi connectivity index (χ1n) is 7.61. The lowest BCUT2D eigenvalue weighted by molar-refractivity contribution is -0.143. The number of carbonyl (C=O) groups excluding carboxylic acids is 2. The van der Waals surface area contributed by atoms with Crippen molar-refractivity contribution in [2.24, 2.45) is 0 Å². The highest BCUT2D eigenvalue weighted by atomic mass is 35.5. The molecule has 116 valence electrons. The zero-order valence-corrected chi connectivity index (χ0v) is 13.1. The van der Waals surface area contributed by atoms with Gasteiger partial charge in [-0.1, -0.05) is 38.2 Å². The van der Waals surface area contributed by atoms with Crippen LogP contribution >= 0.6 is 11.6 Å². The Morgan fingerprint density at radius 2 is 1.50 bits per heavy atom. The predicted octanol–water partition coefficient (Wildman–Crippen LogP) is 4.77. The van der Waals surface area contributed by atoms with Crippen molar-refractivity contribution < 1.29 is 14.3 Å². The lowest BCUT2D eigenvalue weighted by Crippen LogP contribution is -2.06. The molecule has 4 heteroatoms. The van der Waals surface area contributed by atoms with Gasteiger partial charge in [-0.15, -0.1) is 6.58 Å². The van der Waals surface area contributed by atoms with Crippen LogP contribution in [0.4, 0.5) is 0 Å². The van der Waals surface area contributed by atoms with E-state index in [1.54, 1.807) is 0 Å². The monoisotopic (exact) mass is 302 g/mol. The van der Waals surface area contributed by atoms with Gasteiger partial charge in [0, 0.05) is 12.8 Å². The zero-order valence-electron chi connectivity index (χ0n) is 12.4. The third kappa shape index (κ3) is 15.2. The Hall–Kier alpha value is -0.830. The van der Waals surface area contributed by atoms with Gasteiger partial charge >= 0.3 is 5.97 Å². The molecule has 0 aromatic rings. The third-order valence-corrected chi connectivity index (χ3v) is 3.26. The van der Waals surface area contributed by atoms with E-state index >= 15 is 0 Å². The molecule has 0 aromatic carbocycles. The molecule has 0 aliphatic rings. The molecule has 3 nitrogen and oxygen atoms in total. The second-order valence-electron chi connectivity index (χ2n) is 4.98. The van der Waals surface area contributed by atoms with Gasteiger partial charge < -0.3 is 4.74 Å². The molecule has 0 aromatic heterocycles. The average molecular weight is 303 g/mol. The van der Waals surface area contributed by atoms with Gasteiger partial charge in [-0.2, -0.15) is 0 Å². The molecule has 0 atom stereocenters. The maximum atomic E-state index is 11.3. The van der Waals surface area contributed by atoms with Crippen LogP contribution in [0.2, 0.25) is 0 Å². The van der Waals surface area contributed by atoms with Crippen LogP contribution in [0.1, 0.15) is 70.6 Å². The van der Waals surface area contributed by atoms with Crippen LogP contribution in [-0.4, -0.2) is 17.8 Å². The van der Waals surface area contributed by atoms with Crippen molar-refractivity contribution in [3.8, 4) is 0 Å². The molecule has 0 unspecified atom stereocenters. The molecule has 0 fully saturated rings. The van der Waals surface area contributed by atoms with E-state index in [-0.39, 0.29) is 18.8 Å². The van der Waals surface area contributed by atoms with E-state index in [0.29, 0.717) is 13.0 Å². The van der Waals surface area contributed by atoms with Gasteiger partial charge in [0.25, 0.3) is 0 Å². The van der Waals surface area contributed by atoms with E-state index in [1.807, 2.05) is 6.08 Å². The Labute approximate surface area is 127 Å². The van der Waals surface area contributed by atoms with Gasteiger partial charge in [-0.25, -0.2) is 0 Å². The maximum absolute atomic E-state index is 11.3. The first-order valence-corrected chi connectivity index (χ1v) is 7.99. The minimum absolute atomic E-state index is 0.229. The van der Waals surface area contributed by atoms with Crippen LogP contribution in [0.5, 0.6) is 0 Å². The van der Waals surface area contributed by atoms with Crippen molar-refractivity contribution in [2.45, 2.75) is 70.6 Å².